The monoisotopic (exact) mass is 249 g/mol. The van der Waals surface area contributed by atoms with E-state index in [2.05, 4.69) is 29.5 Å². The Labute approximate surface area is 109 Å². The summed E-state index contributed by atoms with van der Waals surface area (Å²) in [4.78, 5) is 4.51. The molecule has 2 N–H and O–H groups in total. The second-order valence-electron chi connectivity index (χ2n) is 4.69. The molecular formula is C14H23N3O. The molecule has 100 valence electrons. The zero-order chi connectivity index (χ0) is 12.8. The SMILES string of the molecule is CCNc1cccc(NCC2CCOC2CC)n1. The zero-order valence-corrected chi connectivity index (χ0v) is 11.3. The van der Waals surface area contributed by atoms with Crippen LogP contribution in [0.1, 0.15) is 26.7 Å². The maximum Gasteiger partial charge on any atom is 0.128 e. The number of nitrogens with one attached hydrogen (secondary N) is 2. The van der Waals surface area contributed by atoms with Gasteiger partial charge in [-0.3, -0.25) is 0 Å². The Bertz CT molecular complexity index is 370. The van der Waals surface area contributed by atoms with Gasteiger partial charge in [0.2, 0.25) is 0 Å². The fourth-order valence-electron chi connectivity index (χ4n) is 2.43. The molecule has 1 fully saturated rings. The lowest BCUT2D eigenvalue weighted by atomic mass is 10.00. The molecule has 4 heteroatoms. The first kappa shape index (κ1) is 13.1. The number of anilines is 2. The van der Waals surface area contributed by atoms with E-state index in [0.717, 1.165) is 44.2 Å². The molecule has 1 aliphatic heterocycles. The molecule has 0 bridgehead atoms. The van der Waals surface area contributed by atoms with Crippen molar-refractivity contribution in [2.75, 3.05) is 30.3 Å². The molecule has 1 saturated heterocycles. The summed E-state index contributed by atoms with van der Waals surface area (Å²) in [6, 6.07) is 6.02. The molecular weight excluding hydrogens is 226 g/mol. The fourth-order valence-corrected chi connectivity index (χ4v) is 2.43. The second kappa shape index (κ2) is 6.59. The number of hydrogen-bond acceptors (Lipinski definition) is 4. The van der Waals surface area contributed by atoms with Gasteiger partial charge in [-0.2, -0.15) is 0 Å². The molecule has 0 saturated carbocycles. The molecule has 2 rings (SSSR count). The van der Waals surface area contributed by atoms with E-state index >= 15 is 0 Å². The molecule has 1 aliphatic rings. The van der Waals surface area contributed by atoms with Crippen LogP contribution in [0.25, 0.3) is 0 Å². The molecule has 2 heterocycles. The molecule has 1 aromatic heterocycles. The first-order valence-corrected chi connectivity index (χ1v) is 6.90. The summed E-state index contributed by atoms with van der Waals surface area (Å²) >= 11 is 0. The van der Waals surface area contributed by atoms with Crippen molar-refractivity contribution in [1.29, 1.82) is 0 Å². The highest BCUT2D eigenvalue weighted by Gasteiger charge is 2.26. The first-order chi connectivity index (χ1) is 8.83. The smallest absolute Gasteiger partial charge is 0.128 e. The number of nitrogens with zero attached hydrogens (tertiary/aromatic N) is 1. The van der Waals surface area contributed by atoms with Gasteiger partial charge in [-0.1, -0.05) is 13.0 Å². The van der Waals surface area contributed by atoms with Crippen LogP contribution >= 0.6 is 0 Å². The Morgan fingerprint density at radius 3 is 2.78 bits per heavy atom. The molecule has 4 nitrogen and oxygen atoms in total. The Hall–Kier alpha value is -1.29. The molecule has 18 heavy (non-hydrogen) atoms. The highest BCUT2D eigenvalue weighted by atomic mass is 16.5. The molecule has 1 aromatic rings. The van der Waals surface area contributed by atoms with Crippen molar-refractivity contribution < 1.29 is 4.74 Å². The lowest BCUT2D eigenvalue weighted by molar-refractivity contribution is 0.0900. The maximum absolute atomic E-state index is 5.69. The number of rotatable bonds is 6. The van der Waals surface area contributed by atoms with Gasteiger partial charge in [0, 0.05) is 25.6 Å². The molecule has 0 amide bonds. The average Bonchev–Trinajstić information content (AvgIpc) is 2.84. The predicted molar refractivity (Wildman–Crippen MR) is 75.0 cm³/mol. The number of hydrogen-bond donors (Lipinski definition) is 2. The first-order valence-electron chi connectivity index (χ1n) is 6.90. The second-order valence-corrected chi connectivity index (χ2v) is 4.69. The van der Waals surface area contributed by atoms with Gasteiger partial charge in [0.1, 0.15) is 11.6 Å². The van der Waals surface area contributed by atoms with Crippen molar-refractivity contribution in [2.45, 2.75) is 32.8 Å². The molecule has 2 unspecified atom stereocenters. The van der Waals surface area contributed by atoms with Crippen LogP contribution < -0.4 is 10.6 Å². The van der Waals surface area contributed by atoms with E-state index in [0.29, 0.717) is 12.0 Å². The summed E-state index contributed by atoms with van der Waals surface area (Å²) in [5, 5.41) is 6.64. The van der Waals surface area contributed by atoms with Crippen molar-refractivity contribution in [2.24, 2.45) is 5.92 Å². The van der Waals surface area contributed by atoms with Gasteiger partial charge >= 0.3 is 0 Å². The van der Waals surface area contributed by atoms with Crippen LogP contribution in [0.4, 0.5) is 11.6 Å². The van der Waals surface area contributed by atoms with Gasteiger partial charge in [0.15, 0.2) is 0 Å². The third-order valence-electron chi connectivity index (χ3n) is 3.40. The quantitative estimate of drug-likeness (QED) is 0.814. The van der Waals surface area contributed by atoms with Gasteiger partial charge in [0.05, 0.1) is 6.10 Å². The largest absolute Gasteiger partial charge is 0.378 e. The Morgan fingerprint density at radius 1 is 1.28 bits per heavy atom. The van der Waals surface area contributed by atoms with Crippen LogP contribution in [0.5, 0.6) is 0 Å². The van der Waals surface area contributed by atoms with E-state index in [4.69, 9.17) is 4.74 Å². The summed E-state index contributed by atoms with van der Waals surface area (Å²) in [7, 11) is 0. The van der Waals surface area contributed by atoms with E-state index in [9.17, 15) is 0 Å². The topological polar surface area (TPSA) is 46.2 Å². The normalized spacial score (nSPS) is 23.0. The predicted octanol–water partition coefficient (Wildman–Crippen LogP) is 2.74. The van der Waals surface area contributed by atoms with Gasteiger partial charge in [-0.05, 0) is 31.9 Å². The third-order valence-corrected chi connectivity index (χ3v) is 3.40. The Balaban J connectivity index is 1.87. The minimum atomic E-state index is 0.412. The third kappa shape index (κ3) is 3.35. The van der Waals surface area contributed by atoms with Gasteiger partial charge in [-0.25, -0.2) is 4.98 Å². The highest BCUT2D eigenvalue weighted by Crippen LogP contribution is 2.23. The summed E-state index contributed by atoms with van der Waals surface area (Å²) in [5.74, 6) is 2.48. The summed E-state index contributed by atoms with van der Waals surface area (Å²) in [6.45, 7) is 7.00. The number of ether oxygens (including phenoxy) is 1. The Morgan fingerprint density at radius 2 is 2.06 bits per heavy atom. The van der Waals surface area contributed by atoms with Gasteiger partial charge < -0.3 is 15.4 Å². The zero-order valence-electron chi connectivity index (χ0n) is 11.3. The highest BCUT2D eigenvalue weighted by molar-refractivity contribution is 5.45. The van der Waals surface area contributed by atoms with Crippen molar-refractivity contribution in [1.82, 2.24) is 4.98 Å². The van der Waals surface area contributed by atoms with E-state index < -0.39 is 0 Å². The minimum Gasteiger partial charge on any atom is -0.378 e. The molecule has 0 spiro atoms. The minimum absolute atomic E-state index is 0.412. The van der Waals surface area contributed by atoms with Crippen LogP contribution in [0.3, 0.4) is 0 Å². The van der Waals surface area contributed by atoms with E-state index in [-0.39, 0.29) is 0 Å². The molecule has 0 aliphatic carbocycles. The molecule has 0 aromatic carbocycles. The lowest BCUT2D eigenvalue weighted by Gasteiger charge is -2.17. The van der Waals surface area contributed by atoms with Crippen molar-refractivity contribution in [3.8, 4) is 0 Å². The Kier molecular flexibility index (Phi) is 4.81. The van der Waals surface area contributed by atoms with Crippen LogP contribution in [0.15, 0.2) is 18.2 Å². The van der Waals surface area contributed by atoms with E-state index in [1.807, 2.05) is 18.2 Å². The summed E-state index contributed by atoms with van der Waals surface area (Å²) in [6.07, 6.45) is 2.66. The van der Waals surface area contributed by atoms with Crippen molar-refractivity contribution in [3.05, 3.63) is 18.2 Å². The van der Waals surface area contributed by atoms with Crippen LogP contribution in [0.2, 0.25) is 0 Å². The summed E-state index contributed by atoms with van der Waals surface area (Å²) in [5.41, 5.74) is 0. The summed E-state index contributed by atoms with van der Waals surface area (Å²) < 4.78 is 5.69. The number of aromatic nitrogens is 1. The van der Waals surface area contributed by atoms with Gasteiger partial charge in [0.25, 0.3) is 0 Å². The lowest BCUT2D eigenvalue weighted by Crippen LogP contribution is -2.23. The van der Waals surface area contributed by atoms with E-state index in [1.165, 1.54) is 0 Å². The van der Waals surface area contributed by atoms with Crippen LogP contribution in [0, 0.1) is 5.92 Å². The number of pyridine rings is 1. The fraction of sp³-hybridized carbons (Fsp3) is 0.643. The maximum atomic E-state index is 5.69. The average molecular weight is 249 g/mol. The van der Waals surface area contributed by atoms with Gasteiger partial charge in [-0.15, -0.1) is 0 Å². The van der Waals surface area contributed by atoms with E-state index in [1.54, 1.807) is 0 Å². The standard InChI is InChI=1S/C14H23N3O/c1-3-12-11(8-9-18-12)10-16-14-7-5-6-13(17-14)15-4-2/h5-7,11-12H,3-4,8-10H2,1-2H3,(H2,15,16,17). The van der Waals surface area contributed by atoms with Crippen molar-refractivity contribution >= 4 is 11.6 Å². The van der Waals surface area contributed by atoms with Crippen LogP contribution in [-0.2, 0) is 4.74 Å². The molecule has 2 atom stereocenters. The molecule has 0 radical (unpaired) electrons. The van der Waals surface area contributed by atoms with Crippen LogP contribution in [-0.4, -0.2) is 30.8 Å². The van der Waals surface area contributed by atoms with Crippen molar-refractivity contribution in [3.63, 3.8) is 0 Å².